The van der Waals surface area contributed by atoms with Crippen molar-refractivity contribution in [2.45, 2.75) is 25.2 Å². The first-order chi connectivity index (χ1) is 11.2. The van der Waals surface area contributed by atoms with Crippen LogP contribution in [0.2, 0.25) is 0 Å². The third kappa shape index (κ3) is 6.16. The van der Waals surface area contributed by atoms with E-state index in [0.717, 1.165) is 42.9 Å². The van der Waals surface area contributed by atoms with E-state index in [-0.39, 0.29) is 11.9 Å². The molecule has 0 spiro atoms. The van der Waals surface area contributed by atoms with Gasteiger partial charge in [-0.05, 0) is 62.9 Å². The number of thioether (sulfide) groups is 1. The standard InChI is InChI=1S/C18H27NO3S/c1-19(2)11-6-12-21-22-18(20)17(15-7-4-3-5-8-15)16-9-13-23-14-10-16/h3-5,7-8,16-17H,6,9-14H2,1-2H3. The molecule has 1 saturated heterocycles. The predicted molar refractivity (Wildman–Crippen MR) is 94.4 cm³/mol. The van der Waals surface area contributed by atoms with Crippen molar-refractivity contribution >= 4 is 17.7 Å². The molecule has 1 unspecified atom stereocenters. The lowest BCUT2D eigenvalue weighted by atomic mass is 9.82. The Hall–Kier alpha value is -1.04. The van der Waals surface area contributed by atoms with Crippen molar-refractivity contribution in [1.29, 1.82) is 0 Å². The van der Waals surface area contributed by atoms with Gasteiger partial charge in [0.05, 0.1) is 12.5 Å². The van der Waals surface area contributed by atoms with Crippen molar-refractivity contribution in [3.8, 4) is 0 Å². The molecule has 0 aromatic heterocycles. The summed E-state index contributed by atoms with van der Waals surface area (Å²) >= 11 is 1.96. The topological polar surface area (TPSA) is 38.8 Å². The molecule has 1 heterocycles. The summed E-state index contributed by atoms with van der Waals surface area (Å²) in [5.41, 5.74) is 1.03. The second-order valence-electron chi connectivity index (χ2n) is 6.22. The average Bonchev–Trinajstić information content (AvgIpc) is 2.56. The van der Waals surface area contributed by atoms with Gasteiger partial charge in [-0.2, -0.15) is 16.6 Å². The Bertz CT molecular complexity index is 461. The molecule has 0 saturated carbocycles. The van der Waals surface area contributed by atoms with Gasteiger partial charge in [-0.3, -0.25) is 4.89 Å². The van der Waals surface area contributed by atoms with Crippen molar-refractivity contribution in [3.63, 3.8) is 0 Å². The zero-order chi connectivity index (χ0) is 16.5. The molecule has 1 aliphatic heterocycles. The molecule has 23 heavy (non-hydrogen) atoms. The number of rotatable bonds is 8. The summed E-state index contributed by atoms with van der Waals surface area (Å²) in [6.45, 7) is 1.35. The van der Waals surface area contributed by atoms with E-state index in [1.807, 2.05) is 56.2 Å². The molecule has 0 aliphatic carbocycles. The van der Waals surface area contributed by atoms with Crippen LogP contribution >= 0.6 is 11.8 Å². The number of carbonyl (C=O) groups excluding carboxylic acids is 1. The van der Waals surface area contributed by atoms with Gasteiger partial charge in [-0.1, -0.05) is 30.3 Å². The lowest BCUT2D eigenvalue weighted by Gasteiger charge is -2.28. The SMILES string of the molecule is CN(C)CCCOOC(=O)C(c1ccccc1)C1CCSCC1. The Kier molecular flexibility index (Phi) is 7.92. The van der Waals surface area contributed by atoms with Crippen molar-refractivity contribution < 1.29 is 14.6 Å². The van der Waals surface area contributed by atoms with Crippen molar-refractivity contribution in [3.05, 3.63) is 35.9 Å². The smallest absolute Gasteiger partial charge is 0.309 e. The third-order valence-corrected chi connectivity index (χ3v) is 5.17. The zero-order valence-electron chi connectivity index (χ0n) is 14.1. The summed E-state index contributed by atoms with van der Waals surface area (Å²) in [6, 6.07) is 9.95. The van der Waals surface area contributed by atoms with Gasteiger partial charge in [0.15, 0.2) is 0 Å². The summed E-state index contributed by atoms with van der Waals surface area (Å²) in [7, 11) is 4.02. The summed E-state index contributed by atoms with van der Waals surface area (Å²) in [6.07, 6.45) is 2.95. The molecular weight excluding hydrogens is 310 g/mol. The van der Waals surface area contributed by atoms with Gasteiger partial charge in [-0.25, -0.2) is 4.79 Å². The summed E-state index contributed by atoms with van der Waals surface area (Å²) in [4.78, 5) is 24.9. The molecule has 1 fully saturated rings. The molecule has 128 valence electrons. The Morgan fingerprint density at radius 1 is 1.26 bits per heavy atom. The molecule has 1 aromatic rings. The molecule has 1 aromatic carbocycles. The van der Waals surface area contributed by atoms with Crippen LogP contribution in [0.15, 0.2) is 30.3 Å². The van der Waals surface area contributed by atoms with Crippen LogP contribution in [0.4, 0.5) is 0 Å². The number of carbonyl (C=O) groups is 1. The fraction of sp³-hybridized carbons (Fsp3) is 0.611. The highest BCUT2D eigenvalue weighted by Crippen LogP contribution is 2.36. The van der Waals surface area contributed by atoms with E-state index < -0.39 is 0 Å². The monoisotopic (exact) mass is 337 g/mol. The average molecular weight is 337 g/mol. The van der Waals surface area contributed by atoms with Crippen LogP contribution < -0.4 is 0 Å². The fourth-order valence-corrected chi connectivity index (χ4v) is 4.04. The van der Waals surface area contributed by atoms with Crippen LogP contribution in [0.5, 0.6) is 0 Å². The molecule has 0 bridgehead atoms. The highest BCUT2D eigenvalue weighted by atomic mass is 32.2. The van der Waals surface area contributed by atoms with E-state index in [1.165, 1.54) is 0 Å². The van der Waals surface area contributed by atoms with Gasteiger partial charge in [0.25, 0.3) is 0 Å². The van der Waals surface area contributed by atoms with Crippen LogP contribution in [0.25, 0.3) is 0 Å². The van der Waals surface area contributed by atoms with E-state index in [1.54, 1.807) is 0 Å². The first-order valence-corrected chi connectivity index (χ1v) is 9.44. The molecule has 4 nitrogen and oxygen atoms in total. The number of benzene rings is 1. The van der Waals surface area contributed by atoms with Gasteiger partial charge in [0.1, 0.15) is 0 Å². The fourth-order valence-electron chi connectivity index (χ4n) is 2.90. The van der Waals surface area contributed by atoms with E-state index in [9.17, 15) is 4.79 Å². The first kappa shape index (κ1) is 18.3. The summed E-state index contributed by atoms with van der Waals surface area (Å²) in [5, 5.41) is 0. The Morgan fingerprint density at radius 3 is 2.61 bits per heavy atom. The van der Waals surface area contributed by atoms with E-state index in [4.69, 9.17) is 9.78 Å². The quantitative estimate of drug-likeness (QED) is 0.413. The van der Waals surface area contributed by atoms with Crippen LogP contribution in [0.3, 0.4) is 0 Å². The van der Waals surface area contributed by atoms with E-state index >= 15 is 0 Å². The molecule has 0 radical (unpaired) electrons. The lowest BCUT2D eigenvalue weighted by molar-refractivity contribution is -0.275. The number of nitrogens with zero attached hydrogens (tertiary/aromatic N) is 1. The highest BCUT2D eigenvalue weighted by molar-refractivity contribution is 7.99. The van der Waals surface area contributed by atoms with Crippen molar-refractivity contribution in [2.24, 2.45) is 5.92 Å². The Balaban J connectivity index is 1.92. The van der Waals surface area contributed by atoms with E-state index in [0.29, 0.717) is 12.5 Å². The van der Waals surface area contributed by atoms with Crippen molar-refractivity contribution in [1.82, 2.24) is 4.90 Å². The van der Waals surface area contributed by atoms with Crippen LogP contribution in [0, 0.1) is 5.92 Å². The van der Waals surface area contributed by atoms with Gasteiger partial charge < -0.3 is 4.90 Å². The largest absolute Gasteiger partial charge is 0.350 e. The second-order valence-corrected chi connectivity index (χ2v) is 7.44. The molecular formula is C18H27NO3S. The van der Waals surface area contributed by atoms with Gasteiger partial charge in [0.2, 0.25) is 0 Å². The van der Waals surface area contributed by atoms with Gasteiger partial charge >= 0.3 is 5.97 Å². The maximum atomic E-state index is 12.6. The van der Waals surface area contributed by atoms with Gasteiger partial charge in [0, 0.05) is 0 Å². The summed E-state index contributed by atoms with van der Waals surface area (Å²) in [5.74, 6) is 2.11. The lowest BCUT2D eigenvalue weighted by Crippen LogP contribution is -2.27. The highest BCUT2D eigenvalue weighted by Gasteiger charge is 2.33. The minimum atomic E-state index is -0.252. The minimum absolute atomic E-state index is 0.217. The van der Waals surface area contributed by atoms with Gasteiger partial charge in [-0.15, -0.1) is 0 Å². The molecule has 2 rings (SSSR count). The predicted octanol–water partition coefficient (Wildman–Crippen LogP) is 3.34. The zero-order valence-corrected chi connectivity index (χ0v) is 14.9. The summed E-state index contributed by atoms with van der Waals surface area (Å²) < 4.78 is 0. The Morgan fingerprint density at radius 2 is 1.96 bits per heavy atom. The first-order valence-electron chi connectivity index (χ1n) is 8.29. The van der Waals surface area contributed by atoms with Crippen LogP contribution in [0.1, 0.15) is 30.7 Å². The molecule has 1 aliphatic rings. The van der Waals surface area contributed by atoms with Crippen LogP contribution in [-0.2, 0) is 14.6 Å². The number of hydrogen-bond acceptors (Lipinski definition) is 5. The Labute approximate surface area is 143 Å². The van der Waals surface area contributed by atoms with Crippen molar-refractivity contribution in [2.75, 3.05) is 38.8 Å². The minimum Gasteiger partial charge on any atom is -0.309 e. The number of hydrogen-bond donors (Lipinski definition) is 0. The second kappa shape index (κ2) is 9.96. The third-order valence-electron chi connectivity index (χ3n) is 4.12. The molecule has 0 N–H and O–H groups in total. The van der Waals surface area contributed by atoms with Crippen LogP contribution in [-0.4, -0.2) is 49.6 Å². The maximum absolute atomic E-state index is 12.6. The maximum Gasteiger partial charge on any atom is 0.350 e. The van der Waals surface area contributed by atoms with E-state index in [2.05, 4.69) is 4.90 Å². The molecule has 5 heteroatoms. The normalized spacial score (nSPS) is 17.2. The molecule has 0 amide bonds. The molecule has 1 atom stereocenters.